The summed E-state index contributed by atoms with van der Waals surface area (Å²) in [6, 6.07) is 9.44. The Bertz CT molecular complexity index is 602. The molecule has 2 aliphatic heterocycles. The van der Waals surface area contributed by atoms with Gasteiger partial charge in [-0.1, -0.05) is 23.7 Å². The fourth-order valence-corrected chi connectivity index (χ4v) is 3.42. The van der Waals surface area contributed by atoms with Crippen LogP contribution in [0.5, 0.6) is 0 Å². The lowest BCUT2D eigenvalue weighted by Crippen LogP contribution is -2.51. The van der Waals surface area contributed by atoms with Gasteiger partial charge in [0.05, 0.1) is 6.07 Å². The molecule has 0 N–H and O–H groups in total. The molecule has 0 spiro atoms. The molecule has 0 saturated carbocycles. The summed E-state index contributed by atoms with van der Waals surface area (Å²) >= 11 is 6.03. The van der Waals surface area contributed by atoms with Crippen molar-refractivity contribution >= 4 is 17.5 Å². The van der Waals surface area contributed by atoms with E-state index in [4.69, 9.17) is 16.3 Å². The van der Waals surface area contributed by atoms with E-state index in [2.05, 4.69) is 11.0 Å². The summed E-state index contributed by atoms with van der Waals surface area (Å²) in [4.78, 5) is 16.3. The zero-order valence-electron chi connectivity index (χ0n) is 12.9. The molecular weight excluding hydrogens is 314 g/mol. The van der Waals surface area contributed by atoms with Crippen LogP contribution >= 0.6 is 11.6 Å². The van der Waals surface area contributed by atoms with Crippen molar-refractivity contribution in [1.82, 2.24) is 9.80 Å². The lowest BCUT2D eigenvalue weighted by Gasteiger charge is -2.37. The molecule has 0 radical (unpaired) electrons. The second-order valence-electron chi connectivity index (χ2n) is 5.95. The van der Waals surface area contributed by atoms with Crippen LogP contribution in [0.2, 0.25) is 5.02 Å². The van der Waals surface area contributed by atoms with E-state index in [9.17, 15) is 10.1 Å². The summed E-state index contributed by atoms with van der Waals surface area (Å²) in [6.45, 7) is 3.32. The summed E-state index contributed by atoms with van der Waals surface area (Å²) in [5.74, 6) is 0.0958. The highest BCUT2D eigenvalue weighted by molar-refractivity contribution is 6.30. The van der Waals surface area contributed by atoms with Gasteiger partial charge in [-0.05, 0) is 30.5 Å². The zero-order valence-corrected chi connectivity index (χ0v) is 13.7. The van der Waals surface area contributed by atoms with Gasteiger partial charge in [0.1, 0.15) is 12.1 Å². The number of hydrogen-bond acceptors (Lipinski definition) is 4. The molecule has 5 nitrogen and oxygen atoms in total. The van der Waals surface area contributed by atoms with Crippen molar-refractivity contribution in [1.29, 1.82) is 5.26 Å². The lowest BCUT2D eigenvalue weighted by molar-refractivity contribution is -0.142. The number of piperazine rings is 1. The van der Waals surface area contributed by atoms with Gasteiger partial charge < -0.3 is 9.64 Å². The van der Waals surface area contributed by atoms with Crippen molar-refractivity contribution in [2.45, 2.75) is 25.0 Å². The Morgan fingerprint density at radius 1 is 1.35 bits per heavy atom. The number of benzene rings is 1. The molecule has 0 aromatic heterocycles. The summed E-state index contributed by atoms with van der Waals surface area (Å²) < 4.78 is 5.47. The third-order valence-corrected chi connectivity index (χ3v) is 4.72. The van der Waals surface area contributed by atoms with Crippen LogP contribution in [-0.2, 0) is 9.53 Å². The van der Waals surface area contributed by atoms with Crippen molar-refractivity contribution < 1.29 is 9.53 Å². The molecule has 3 rings (SSSR count). The number of amides is 1. The molecule has 2 fully saturated rings. The summed E-state index contributed by atoms with van der Waals surface area (Å²) in [5.41, 5.74) is 0.902. The summed E-state index contributed by atoms with van der Waals surface area (Å²) in [6.07, 6.45) is 1.52. The largest absolute Gasteiger partial charge is 0.368 e. The Balaban J connectivity index is 1.61. The Kier molecular flexibility index (Phi) is 5.16. The van der Waals surface area contributed by atoms with Gasteiger partial charge in [-0.15, -0.1) is 0 Å². The first kappa shape index (κ1) is 16.3. The van der Waals surface area contributed by atoms with Gasteiger partial charge in [-0.3, -0.25) is 9.69 Å². The number of nitriles is 1. The van der Waals surface area contributed by atoms with E-state index in [-0.39, 0.29) is 18.1 Å². The molecule has 0 bridgehead atoms. The average Bonchev–Trinajstić information content (AvgIpc) is 3.10. The van der Waals surface area contributed by atoms with E-state index in [0.717, 1.165) is 18.4 Å². The van der Waals surface area contributed by atoms with Gasteiger partial charge in [0, 0.05) is 37.8 Å². The maximum Gasteiger partial charge on any atom is 0.251 e. The third kappa shape index (κ3) is 3.66. The Labute approximate surface area is 141 Å². The highest BCUT2D eigenvalue weighted by atomic mass is 35.5. The van der Waals surface area contributed by atoms with E-state index < -0.39 is 0 Å². The monoisotopic (exact) mass is 333 g/mol. The van der Waals surface area contributed by atoms with Crippen molar-refractivity contribution in [3.05, 3.63) is 34.9 Å². The first-order chi connectivity index (χ1) is 11.2. The van der Waals surface area contributed by atoms with E-state index in [1.54, 1.807) is 6.07 Å². The molecular formula is C17H20ClN3O2. The van der Waals surface area contributed by atoms with Crippen molar-refractivity contribution in [2.24, 2.45) is 0 Å². The molecule has 122 valence electrons. The molecule has 2 saturated heterocycles. The van der Waals surface area contributed by atoms with Crippen LogP contribution in [-0.4, -0.2) is 54.6 Å². The molecule has 0 aliphatic carbocycles. The predicted octanol–water partition coefficient (Wildman–Crippen LogP) is 2.23. The highest BCUT2D eigenvalue weighted by Crippen LogP contribution is 2.24. The highest BCUT2D eigenvalue weighted by Gasteiger charge is 2.32. The fourth-order valence-electron chi connectivity index (χ4n) is 3.22. The van der Waals surface area contributed by atoms with Crippen molar-refractivity contribution in [2.75, 3.05) is 32.8 Å². The smallest absolute Gasteiger partial charge is 0.251 e. The van der Waals surface area contributed by atoms with Gasteiger partial charge in [0.15, 0.2) is 0 Å². The maximum absolute atomic E-state index is 12.4. The second-order valence-corrected chi connectivity index (χ2v) is 6.39. The molecule has 23 heavy (non-hydrogen) atoms. The number of halogens is 1. The van der Waals surface area contributed by atoms with Crippen LogP contribution in [0.25, 0.3) is 0 Å². The Hall–Kier alpha value is -1.61. The van der Waals surface area contributed by atoms with Crippen LogP contribution in [0.4, 0.5) is 0 Å². The van der Waals surface area contributed by atoms with Crippen LogP contribution in [0.15, 0.2) is 24.3 Å². The normalized spacial score (nSPS) is 23.5. The maximum atomic E-state index is 12.4. The van der Waals surface area contributed by atoms with Crippen LogP contribution in [0.1, 0.15) is 24.4 Å². The van der Waals surface area contributed by atoms with Crippen LogP contribution < -0.4 is 0 Å². The van der Waals surface area contributed by atoms with Crippen LogP contribution in [0, 0.1) is 11.3 Å². The van der Waals surface area contributed by atoms with E-state index in [0.29, 0.717) is 37.8 Å². The molecule has 1 aromatic carbocycles. The molecule has 2 unspecified atom stereocenters. The topological polar surface area (TPSA) is 56.6 Å². The Morgan fingerprint density at radius 2 is 2.13 bits per heavy atom. The fraction of sp³-hybridized carbons (Fsp3) is 0.529. The Morgan fingerprint density at radius 3 is 2.74 bits per heavy atom. The van der Waals surface area contributed by atoms with Gasteiger partial charge in [0.2, 0.25) is 0 Å². The number of hydrogen-bond donors (Lipinski definition) is 0. The lowest BCUT2D eigenvalue weighted by atomic mass is 10.1. The van der Waals surface area contributed by atoms with Crippen molar-refractivity contribution in [3.63, 3.8) is 0 Å². The minimum absolute atomic E-state index is 0.0958. The van der Waals surface area contributed by atoms with Gasteiger partial charge in [-0.25, -0.2) is 0 Å². The van der Waals surface area contributed by atoms with Gasteiger partial charge in [-0.2, -0.15) is 5.26 Å². The predicted molar refractivity (Wildman–Crippen MR) is 86.9 cm³/mol. The van der Waals surface area contributed by atoms with E-state index >= 15 is 0 Å². The zero-order chi connectivity index (χ0) is 16.2. The standard InChI is InChI=1S/C17H20ClN3O2/c18-14-4-1-3-13(11-14)15(12-19)20-6-8-21(9-7-20)17(22)16-5-2-10-23-16/h1,3-4,11,15-16H,2,5-10H2. The van der Waals surface area contributed by atoms with Crippen molar-refractivity contribution in [3.8, 4) is 6.07 Å². The molecule has 1 amide bonds. The number of nitrogens with zero attached hydrogens (tertiary/aromatic N) is 3. The molecule has 1 aromatic rings. The summed E-state index contributed by atoms with van der Waals surface area (Å²) in [7, 11) is 0. The average molecular weight is 334 g/mol. The first-order valence-electron chi connectivity index (χ1n) is 7.98. The van der Waals surface area contributed by atoms with E-state index in [1.807, 2.05) is 23.1 Å². The summed E-state index contributed by atoms with van der Waals surface area (Å²) in [5, 5.41) is 10.2. The molecule has 2 aliphatic rings. The quantitative estimate of drug-likeness (QED) is 0.851. The molecule has 2 atom stereocenters. The third-order valence-electron chi connectivity index (χ3n) is 4.48. The minimum Gasteiger partial charge on any atom is -0.368 e. The van der Waals surface area contributed by atoms with E-state index in [1.165, 1.54) is 0 Å². The first-order valence-corrected chi connectivity index (χ1v) is 8.36. The van der Waals surface area contributed by atoms with Gasteiger partial charge in [0.25, 0.3) is 5.91 Å². The molecule has 2 heterocycles. The SMILES string of the molecule is N#CC(c1cccc(Cl)c1)N1CCN(C(=O)C2CCCO2)CC1. The number of rotatable bonds is 3. The number of carbonyl (C=O) groups excluding carboxylic acids is 1. The number of ether oxygens (including phenoxy) is 1. The second kappa shape index (κ2) is 7.31. The minimum atomic E-state index is -0.325. The molecule has 6 heteroatoms. The number of carbonyl (C=O) groups is 1. The van der Waals surface area contributed by atoms with Gasteiger partial charge >= 0.3 is 0 Å². The van der Waals surface area contributed by atoms with Crippen LogP contribution in [0.3, 0.4) is 0 Å².